The van der Waals surface area contributed by atoms with Crippen molar-refractivity contribution in [1.82, 2.24) is 9.97 Å². The van der Waals surface area contributed by atoms with Crippen LogP contribution < -0.4 is 9.47 Å². The van der Waals surface area contributed by atoms with E-state index in [1.165, 1.54) is 18.5 Å². The number of aromatic amines is 1. The Morgan fingerprint density at radius 1 is 1.13 bits per heavy atom. The molecule has 0 aliphatic rings. The Morgan fingerprint density at radius 3 is 2.47 bits per heavy atom. The zero-order valence-electron chi connectivity index (χ0n) is 7.47. The van der Waals surface area contributed by atoms with Gasteiger partial charge in [0.05, 0.1) is 17.4 Å². The molecule has 0 aliphatic carbocycles. The number of benzene rings is 1. The van der Waals surface area contributed by atoms with Crippen LogP contribution in [0.25, 0.3) is 11.0 Å². The van der Waals surface area contributed by atoms with Crippen molar-refractivity contribution in [2.24, 2.45) is 0 Å². The van der Waals surface area contributed by atoms with Crippen molar-refractivity contribution in [2.45, 2.75) is 0 Å². The number of carbonyl (C=O) groups is 2. The number of H-pyrrole nitrogens is 1. The molecule has 0 saturated carbocycles. The Bertz CT molecular complexity index is 462. The Kier molecular flexibility index (Phi) is 2.32. The third-order valence-corrected chi connectivity index (χ3v) is 1.84. The van der Waals surface area contributed by atoms with Gasteiger partial charge in [0, 0.05) is 12.1 Å². The van der Waals surface area contributed by atoms with Crippen LogP contribution in [-0.4, -0.2) is 22.9 Å². The lowest BCUT2D eigenvalue weighted by Crippen LogP contribution is -1.95. The number of fused-ring (bicyclic) bond motifs is 1. The van der Waals surface area contributed by atoms with Gasteiger partial charge in [-0.3, -0.25) is 9.59 Å². The first-order chi connectivity index (χ1) is 7.35. The summed E-state index contributed by atoms with van der Waals surface area (Å²) in [4.78, 5) is 27.2. The van der Waals surface area contributed by atoms with Gasteiger partial charge in [-0.25, -0.2) is 4.98 Å². The number of imidazole rings is 1. The highest BCUT2D eigenvalue weighted by Crippen LogP contribution is 2.30. The second-order valence-electron chi connectivity index (χ2n) is 2.65. The normalized spacial score (nSPS) is 9.87. The van der Waals surface area contributed by atoms with Crippen molar-refractivity contribution >= 4 is 24.0 Å². The number of aromatic nitrogens is 2. The Balaban J connectivity index is 2.56. The predicted octanol–water partition coefficient (Wildman–Crippen LogP) is 0.633. The van der Waals surface area contributed by atoms with E-state index in [0.29, 0.717) is 11.0 Å². The molecule has 0 aliphatic heterocycles. The maximum absolute atomic E-state index is 10.2. The fraction of sp³-hybridized carbons (Fsp3) is 0. The van der Waals surface area contributed by atoms with E-state index in [1.807, 2.05) is 0 Å². The van der Waals surface area contributed by atoms with Gasteiger partial charge in [-0.2, -0.15) is 0 Å². The number of ether oxygens (including phenoxy) is 2. The van der Waals surface area contributed by atoms with Gasteiger partial charge in [0.2, 0.25) is 0 Å². The highest BCUT2D eigenvalue weighted by molar-refractivity contribution is 5.80. The number of nitrogens with one attached hydrogen (secondary N) is 1. The van der Waals surface area contributed by atoms with Crippen LogP contribution in [0.2, 0.25) is 0 Å². The molecule has 0 atom stereocenters. The minimum atomic E-state index is 0.150. The molecule has 0 unspecified atom stereocenters. The van der Waals surface area contributed by atoms with Crippen molar-refractivity contribution in [3.05, 3.63) is 18.5 Å². The Hall–Kier alpha value is -2.37. The van der Waals surface area contributed by atoms with Crippen molar-refractivity contribution in [2.75, 3.05) is 0 Å². The maximum Gasteiger partial charge on any atom is 0.298 e. The molecule has 15 heavy (non-hydrogen) atoms. The third kappa shape index (κ3) is 1.64. The van der Waals surface area contributed by atoms with Gasteiger partial charge in [-0.15, -0.1) is 0 Å². The van der Waals surface area contributed by atoms with Gasteiger partial charge >= 0.3 is 0 Å². The minimum absolute atomic E-state index is 0.150. The quantitative estimate of drug-likeness (QED) is 0.742. The van der Waals surface area contributed by atoms with Crippen LogP contribution in [0.4, 0.5) is 0 Å². The largest absolute Gasteiger partial charge is 0.425 e. The zero-order chi connectivity index (χ0) is 10.7. The molecule has 6 heteroatoms. The molecule has 1 N–H and O–H groups in total. The summed E-state index contributed by atoms with van der Waals surface area (Å²) in [5, 5.41) is 0. The fourth-order valence-corrected chi connectivity index (χ4v) is 1.23. The van der Waals surface area contributed by atoms with E-state index in [2.05, 4.69) is 19.4 Å². The molecule has 0 bridgehead atoms. The van der Waals surface area contributed by atoms with Crippen LogP contribution in [0.1, 0.15) is 0 Å². The summed E-state index contributed by atoms with van der Waals surface area (Å²) in [6.45, 7) is 0.515. The molecule has 0 radical (unpaired) electrons. The van der Waals surface area contributed by atoms with Crippen LogP contribution in [0.3, 0.4) is 0 Å². The van der Waals surface area contributed by atoms with Gasteiger partial charge in [-0.05, 0) is 0 Å². The number of nitrogens with zero attached hydrogens (tertiary/aromatic N) is 1. The van der Waals surface area contributed by atoms with Crippen LogP contribution in [0.15, 0.2) is 18.5 Å². The van der Waals surface area contributed by atoms with E-state index in [0.717, 1.165) is 0 Å². The van der Waals surface area contributed by atoms with Crippen LogP contribution in [0.5, 0.6) is 11.5 Å². The summed E-state index contributed by atoms with van der Waals surface area (Å²) in [6.07, 6.45) is 1.49. The number of carbonyl (C=O) groups excluding carboxylic acids is 2. The monoisotopic (exact) mass is 206 g/mol. The molecular formula is C9H6N2O4. The molecule has 0 spiro atoms. The zero-order valence-corrected chi connectivity index (χ0v) is 7.47. The van der Waals surface area contributed by atoms with Crippen molar-refractivity contribution in [3.8, 4) is 11.5 Å². The average Bonchev–Trinajstić information content (AvgIpc) is 2.66. The Morgan fingerprint density at radius 2 is 1.80 bits per heavy atom. The molecule has 1 aromatic heterocycles. The molecule has 2 rings (SSSR count). The lowest BCUT2D eigenvalue weighted by Gasteiger charge is -2.03. The summed E-state index contributed by atoms with van der Waals surface area (Å²) >= 11 is 0. The standard InChI is InChI=1S/C9H6N2O4/c12-4-14-8-1-6-7(11-3-10-6)2-9(8)15-5-13/h1-5H,(H,10,11). The molecule has 6 nitrogen and oxygen atoms in total. The summed E-state index contributed by atoms with van der Waals surface area (Å²) in [7, 11) is 0. The van der Waals surface area contributed by atoms with Crippen molar-refractivity contribution in [1.29, 1.82) is 0 Å². The molecule has 0 fully saturated rings. The number of hydrogen-bond donors (Lipinski definition) is 1. The summed E-state index contributed by atoms with van der Waals surface area (Å²) in [5.74, 6) is 0.311. The first-order valence-corrected chi connectivity index (χ1v) is 4.03. The van der Waals surface area contributed by atoms with Crippen molar-refractivity contribution < 1.29 is 19.1 Å². The smallest absolute Gasteiger partial charge is 0.298 e. The molecule has 1 aromatic carbocycles. The van der Waals surface area contributed by atoms with Gasteiger partial charge in [-0.1, -0.05) is 0 Å². The topological polar surface area (TPSA) is 81.3 Å². The van der Waals surface area contributed by atoms with E-state index < -0.39 is 0 Å². The van der Waals surface area contributed by atoms with E-state index in [-0.39, 0.29) is 24.4 Å². The van der Waals surface area contributed by atoms with Gasteiger partial charge in [0.25, 0.3) is 12.9 Å². The molecule has 76 valence electrons. The Labute approximate surface area is 83.8 Å². The SMILES string of the molecule is O=COc1cc2nc[nH]c2cc1OC=O. The van der Waals surface area contributed by atoms with Crippen LogP contribution in [0, 0.1) is 0 Å². The van der Waals surface area contributed by atoms with Gasteiger partial charge < -0.3 is 14.5 Å². The second kappa shape index (κ2) is 3.79. The van der Waals surface area contributed by atoms with E-state index in [1.54, 1.807) is 0 Å². The van der Waals surface area contributed by atoms with Crippen LogP contribution >= 0.6 is 0 Å². The predicted molar refractivity (Wildman–Crippen MR) is 49.5 cm³/mol. The third-order valence-electron chi connectivity index (χ3n) is 1.84. The van der Waals surface area contributed by atoms with E-state index >= 15 is 0 Å². The highest BCUT2D eigenvalue weighted by atomic mass is 16.6. The molecule has 0 saturated heterocycles. The minimum Gasteiger partial charge on any atom is -0.425 e. The average molecular weight is 206 g/mol. The molecular weight excluding hydrogens is 200 g/mol. The molecule has 2 aromatic rings. The lowest BCUT2D eigenvalue weighted by atomic mass is 10.3. The summed E-state index contributed by atoms with van der Waals surface area (Å²) < 4.78 is 9.30. The highest BCUT2D eigenvalue weighted by Gasteiger charge is 2.08. The van der Waals surface area contributed by atoms with Crippen molar-refractivity contribution in [3.63, 3.8) is 0 Å². The summed E-state index contributed by atoms with van der Waals surface area (Å²) in [5.41, 5.74) is 1.30. The number of rotatable bonds is 4. The maximum atomic E-state index is 10.2. The van der Waals surface area contributed by atoms with Gasteiger partial charge in [0.15, 0.2) is 11.5 Å². The lowest BCUT2D eigenvalue weighted by molar-refractivity contribution is -0.123. The summed E-state index contributed by atoms with van der Waals surface area (Å²) in [6, 6.07) is 3.02. The second-order valence-corrected chi connectivity index (χ2v) is 2.65. The van der Waals surface area contributed by atoms with E-state index in [4.69, 9.17) is 0 Å². The molecule has 1 heterocycles. The fourth-order valence-electron chi connectivity index (χ4n) is 1.23. The van der Waals surface area contributed by atoms with Gasteiger partial charge in [0.1, 0.15) is 0 Å². The molecule has 0 amide bonds. The van der Waals surface area contributed by atoms with E-state index in [9.17, 15) is 9.59 Å². The first kappa shape index (κ1) is 9.20. The van der Waals surface area contributed by atoms with Crippen LogP contribution in [-0.2, 0) is 9.59 Å². The number of hydrogen-bond acceptors (Lipinski definition) is 5. The first-order valence-electron chi connectivity index (χ1n) is 4.03.